The van der Waals surface area contributed by atoms with E-state index in [2.05, 4.69) is 4.36 Å². The van der Waals surface area contributed by atoms with Gasteiger partial charge in [-0.15, -0.1) is 0 Å². The Labute approximate surface area is 94.4 Å². The first kappa shape index (κ1) is 14.6. The van der Waals surface area contributed by atoms with Crippen LogP contribution in [0.25, 0.3) is 0 Å². The van der Waals surface area contributed by atoms with Crippen molar-refractivity contribution in [3.05, 3.63) is 0 Å². The third-order valence-corrected chi connectivity index (χ3v) is 3.30. The maximum Gasteiger partial charge on any atom is 0.304 e. The SMILES string of the molecule is CC(C)(C#N)C(=O)N=S(C)(=O)CCC(=O)O. The van der Waals surface area contributed by atoms with Gasteiger partial charge in [0.2, 0.25) is 0 Å². The molecule has 0 aliphatic rings. The van der Waals surface area contributed by atoms with Crippen molar-refractivity contribution in [2.75, 3.05) is 12.0 Å². The molecule has 16 heavy (non-hydrogen) atoms. The van der Waals surface area contributed by atoms with Crippen molar-refractivity contribution in [3.8, 4) is 6.07 Å². The lowest BCUT2D eigenvalue weighted by atomic mass is 9.95. The maximum atomic E-state index is 11.7. The van der Waals surface area contributed by atoms with Gasteiger partial charge in [-0.05, 0) is 13.8 Å². The summed E-state index contributed by atoms with van der Waals surface area (Å²) in [6, 6.07) is 1.74. The Kier molecular flexibility index (Phi) is 4.62. The van der Waals surface area contributed by atoms with Crippen molar-refractivity contribution in [1.82, 2.24) is 0 Å². The standard InChI is InChI=1S/C9H14N2O4S/c1-9(2,6-10)8(14)11-16(3,15)5-4-7(12)13/h4-5H2,1-3H3,(H,12,13). The molecule has 0 aliphatic carbocycles. The van der Waals surface area contributed by atoms with E-state index in [-0.39, 0.29) is 12.2 Å². The highest BCUT2D eigenvalue weighted by atomic mass is 32.2. The molecule has 1 atom stereocenters. The molecule has 0 spiro atoms. The van der Waals surface area contributed by atoms with Gasteiger partial charge >= 0.3 is 5.97 Å². The van der Waals surface area contributed by atoms with Gasteiger partial charge in [0.25, 0.3) is 5.91 Å². The fourth-order valence-corrected chi connectivity index (χ4v) is 1.88. The lowest BCUT2D eigenvalue weighted by Crippen LogP contribution is -2.22. The zero-order valence-electron chi connectivity index (χ0n) is 9.39. The zero-order valence-corrected chi connectivity index (χ0v) is 10.2. The predicted octanol–water partition coefficient (Wildman–Crippen LogP) is 0.635. The highest BCUT2D eigenvalue weighted by Gasteiger charge is 2.28. The third kappa shape index (κ3) is 4.89. The summed E-state index contributed by atoms with van der Waals surface area (Å²) in [5.74, 6) is -2.08. The van der Waals surface area contributed by atoms with Crippen LogP contribution in [-0.4, -0.2) is 33.2 Å². The van der Waals surface area contributed by atoms with Crippen LogP contribution in [0, 0.1) is 16.7 Å². The normalized spacial score (nSPS) is 14.6. The first-order chi connectivity index (χ1) is 7.10. The molecule has 0 aliphatic heterocycles. The molecule has 0 bridgehead atoms. The largest absolute Gasteiger partial charge is 0.481 e. The van der Waals surface area contributed by atoms with E-state index in [1.807, 2.05) is 0 Å². The second-order valence-corrected chi connectivity index (χ2v) is 6.45. The molecule has 1 N–H and O–H groups in total. The number of hydrogen-bond acceptors (Lipinski definition) is 4. The van der Waals surface area contributed by atoms with Crippen LogP contribution in [0.1, 0.15) is 20.3 Å². The van der Waals surface area contributed by atoms with Crippen LogP contribution in [-0.2, 0) is 19.3 Å². The molecule has 0 heterocycles. The van der Waals surface area contributed by atoms with Gasteiger partial charge in [-0.1, -0.05) is 0 Å². The second-order valence-electron chi connectivity index (χ2n) is 3.94. The molecule has 6 nitrogen and oxygen atoms in total. The first-order valence-electron chi connectivity index (χ1n) is 4.48. The Balaban J connectivity index is 4.91. The summed E-state index contributed by atoms with van der Waals surface area (Å²) in [7, 11) is -2.88. The minimum absolute atomic E-state index is 0.199. The number of hydrogen-bond donors (Lipinski definition) is 1. The van der Waals surface area contributed by atoms with Crippen molar-refractivity contribution in [3.63, 3.8) is 0 Å². The van der Waals surface area contributed by atoms with Gasteiger partial charge < -0.3 is 5.11 Å². The summed E-state index contributed by atoms with van der Waals surface area (Å²) < 4.78 is 15.1. The Morgan fingerprint density at radius 2 is 2.00 bits per heavy atom. The van der Waals surface area contributed by atoms with Gasteiger partial charge in [0, 0.05) is 12.0 Å². The number of amides is 1. The number of aliphatic carboxylic acids is 1. The first-order valence-corrected chi connectivity index (χ1v) is 6.57. The summed E-state index contributed by atoms with van der Waals surface area (Å²) >= 11 is 0. The van der Waals surface area contributed by atoms with Crippen LogP contribution in [0.3, 0.4) is 0 Å². The number of carbonyl (C=O) groups excluding carboxylic acids is 1. The molecule has 0 aromatic rings. The average Bonchev–Trinajstić information content (AvgIpc) is 2.14. The lowest BCUT2D eigenvalue weighted by Gasteiger charge is -2.10. The minimum atomic E-state index is -2.88. The zero-order chi connectivity index (χ0) is 13.0. The Bertz CT molecular complexity index is 453. The van der Waals surface area contributed by atoms with Gasteiger partial charge in [0.05, 0.1) is 22.2 Å². The Hall–Kier alpha value is -1.42. The number of carboxylic acid groups (broad SMARTS) is 1. The van der Waals surface area contributed by atoms with Gasteiger partial charge in [0.15, 0.2) is 0 Å². The lowest BCUT2D eigenvalue weighted by molar-refractivity contribution is -0.136. The fourth-order valence-electron chi connectivity index (χ4n) is 0.660. The van der Waals surface area contributed by atoms with E-state index in [0.29, 0.717) is 0 Å². The summed E-state index contributed by atoms with van der Waals surface area (Å²) in [4.78, 5) is 21.7. The molecule has 90 valence electrons. The van der Waals surface area contributed by atoms with E-state index in [4.69, 9.17) is 10.4 Å². The molecule has 1 amide bonds. The molecule has 1 unspecified atom stereocenters. The summed E-state index contributed by atoms with van der Waals surface area (Å²) in [5.41, 5.74) is -1.33. The molecule has 7 heteroatoms. The Morgan fingerprint density at radius 1 is 1.50 bits per heavy atom. The number of carboxylic acids is 1. The van der Waals surface area contributed by atoms with E-state index in [1.54, 1.807) is 6.07 Å². The summed E-state index contributed by atoms with van der Waals surface area (Å²) in [5, 5.41) is 17.1. The average molecular weight is 246 g/mol. The quantitative estimate of drug-likeness (QED) is 0.782. The minimum Gasteiger partial charge on any atom is -0.481 e. The van der Waals surface area contributed by atoms with E-state index < -0.39 is 27.0 Å². The molecule has 0 fully saturated rings. The molecule has 0 rings (SSSR count). The van der Waals surface area contributed by atoms with Crippen LogP contribution < -0.4 is 0 Å². The van der Waals surface area contributed by atoms with Crippen molar-refractivity contribution in [2.45, 2.75) is 20.3 Å². The Morgan fingerprint density at radius 3 is 2.38 bits per heavy atom. The van der Waals surface area contributed by atoms with Crippen molar-refractivity contribution in [1.29, 1.82) is 5.26 Å². The summed E-state index contributed by atoms with van der Waals surface area (Å²) in [6.45, 7) is 2.73. The van der Waals surface area contributed by atoms with Crippen molar-refractivity contribution >= 4 is 21.6 Å². The van der Waals surface area contributed by atoms with Gasteiger partial charge in [-0.3, -0.25) is 9.59 Å². The van der Waals surface area contributed by atoms with E-state index >= 15 is 0 Å². The molecule has 0 radical (unpaired) electrons. The van der Waals surface area contributed by atoms with Crippen LogP contribution in [0.5, 0.6) is 0 Å². The van der Waals surface area contributed by atoms with Crippen molar-refractivity contribution < 1.29 is 18.9 Å². The molecule has 0 aromatic carbocycles. The second kappa shape index (κ2) is 5.07. The maximum absolute atomic E-state index is 11.7. The highest BCUT2D eigenvalue weighted by Crippen LogP contribution is 2.16. The smallest absolute Gasteiger partial charge is 0.304 e. The third-order valence-electron chi connectivity index (χ3n) is 1.78. The molecular formula is C9H14N2O4S. The van der Waals surface area contributed by atoms with Crippen LogP contribution >= 0.6 is 0 Å². The van der Waals surface area contributed by atoms with E-state index in [0.717, 1.165) is 0 Å². The molecule has 0 saturated heterocycles. The van der Waals surface area contributed by atoms with E-state index in [9.17, 15) is 13.8 Å². The highest BCUT2D eigenvalue weighted by molar-refractivity contribution is 7.93. The van der Waals surface area contributed by atoms with Gasteiger partial charge in [0.1, 0.15) is 5.41 Å². The monoisotopic (exact) mass is 246 g/mol. The van der Waals surface area contributed by atoms with Crippen LogP contribution in [0.4, 0.5) is 0 Å². The number of nitriles is 1. The predicted molar refractivity (Wildman–Crippen MR) is 58.0 cm³/mol. The number of nitrogens with zero attached hydrogens (tertiary/aromatic N) is 2. The van der Waals surface area contributed by atoms with Crippen LogP contribution in [0.15, 0.2) is 4.36 Å². The molecule has 0 aromatic heterocycles. The van der Waals surface area contributed by atoms with Crippen LogP contribution in [0.2, 0.25) is 0 Å². The fraction of sp³-hybridized carbons (Fsp3) is 0.667. The number of rotatable bonds is 4. The van der Waals surface area contributed by atoms with Gasteiger partial charge in [-0.25, -0.2) is 4.21 Å². The number of carbonyl (C=O) groups is 2. The summed E-state index contributed by atoms with van der Waals surface area (Å²) in [6.07, 6.45) is 0.889. The molecule has 0 saturated carbocycles. The van der Waals surface area contributed by atoms with E-state index in [1.165, 1.54) is 20.1 Å². The van der Waals surface area contributed by atoms with Crippen molar-refractivity contribution in [2.24, 2.45) is 9.78 Å². The molecular weight excluding hydrogens is 232 g/mol. The topological polar surface area (TPSA) is 108 Å². The van der Waals surface area contributed by atoms with Gasteiger partial charge in [-0.2, -0.15) is 9.62 Å².